The molecule has 0 bridgehead atoms. The van der Waals surface area contributed by atoms with Gasteiger partial charge in [-0.25, -0.2) is 4.79 Å². The molecule has 33 valence electrons. The van der Waals surface area contributed by atoms with Gasteiger partial charge in [0.05, 0.1) is 0 Å². The van der Waals surface area contributed by atoms with E-state index in [0.717, 1.165) is 11.5 Å². The Kier molecular flexibility index (Phi) is 2.40. The van der Waals surface area contributed by atoms with Gasteiger partial charge >= 0.3 is 5.97 Å². The van der Waals surface area contributed by atoms with Crippen LogP contribution in [0.4, 0.5) is 0 Å². The predicted molar refractivity (Wildman–Crippen MR) is 24.4 cm³/mol. The van der Waals surface area contributed by atoms with E-state index in [-0.39, 0.29) is 0 Å². The third-order valence-corrected chi connectivity index (χ3v) is 0.347. The molecule has 1 N–H and O–H groups in total. The first kappa shape index (κ1) is 5.43. The molecule has 1 radical (unpaired) electrons. The number of rotatable bonds is 1. The molecule has 0 fully saturated rings. The minimum Gasteiger partial charge on any atom is -0.478 e. The highest BCUT2D eigenvalue weighted by atomic mass is 32.1. The van der Waals surface area contributed by atoms with E-state index in [4.69, 9.17) is 5.11 Å². The fourth-order valence-electron chi connectivity index (χ4n) is 0.0582. The summed E-state index contributed by atoms with van der Waals surface area (Å²) < 4.78 is 0. The molecule has 6 heavy (non-hydrogen) atoms. The number of carboxylic acid groups (broad SMARTS) is 1. The largest absolute Gasteiger partial charge is 0.478 e. The number of hydrogen-bond acceptors (Lipinski definition) is 1. The molecule has 0 saturated heterocycles. The monoisotopic (exact) mass is 103 g/mol. The average Bonchev–Trinajstić information content (AvgIpc) is 1.35. The van der Waals surface area contributed by atoms with Crippen LogP contribution in [0, 0.1) is 0 Å². The number of carboxylic acids is 1. The molecule has 0 rings (SSSR count). The fraction of sp³-hybridized carbons (Fsp3) is 0. The Morgan fingerprint density at radius 1 is 1.83 bits per heavy atom. The molecule has 3 heteroatoms. The molecule has 0 atom stereocenters. The van der Waals surface area contributed by atoms with Gasteiger partial charge in [-0.15, -0.1) is 0 Å². The van der Waals surface area contributed by atoms with E-state index < -0.39 is 5.97 Å². The number of aliphatic carboxylic acids is 1. The normalized spacial score (nSPS) is 9.33. The lowest BCUT2D eigenvalue weighted by Gasteiger charge is -1.67. The van der Waals surface area contributed by atoms with Crippen molar-refractivity contribution in [2.24, 2.45) is 0 Å². The topological polar surface area (TPSA) is 37.3 Å². The first-order valence-electron chi connectivity index (χ1n) is 1.29. The molecule has 0 aromatic rings. The Hall–Kier alpha value is -0.570. The fourth-order valence-corrected chi connectivity index (χ4v) is 0.175. The van der Waals surface area contributed by atoms with Crippen LogP contribution in [0.5, 0.6) is 0 Å². The summed E-state index contributed by atoms with van der Waals surface area (Å²) >= 11 is 4.17. The molecule has 0 unspecified atom stereocenters. The zero-order valence-corrected chi connectivity index (χ0v) is 3.73. The van der Waals surface area contributed by atoms with Gasteiger partial charge in [0.15, 0.2) is 0 Å². The maximum absolute atomic E-state index is 9.45. The summed E-state index contributed by atoms with van der Waals surface area (Å²) in [4.78, 5) is 9.45. The second-order valence-electron chi connectivity index (χ2n) is 0.641. The summed E-state index contributed by atoms with van der Waals surface area (Å²) in [5.41, 5.74) is 0. The van der Waals surface area contributed by atoms with Crippen molar-refractivity contribution in [3.63, 3.8) is 0 Å². The van der Waals surface area contributed by atoms with Crippen molar-refractivity contribution in [3.05, 3.63) is 11.5 Å². The second-order valence-corrected chi connectivity index (χ2v) is 0.913. The molecule has 0 aromatic heterocycles. The molecule has 0 aliphatic carbocycles. The molecular weight excluding hydrogens is 100 g/mol. The third kappa shape index (κ3) is 3.43. The molecule has 0 saturated carbocycles. The SMILES string of the molecule is O=C(O)/C=C/[S]. The summed E-state index contributed by atoms with van der Waals surface area (Å²) in [5, 5.41) is 8.82. The quantitative estimate of drug-likeness (QED) is 0.498. The van der Waals surface area contributed by atoms with Gasteiger partial charge in [-0.2, -0.15) is 0 Å². The first-order valence-corrected chi connectivity index (χ1v) is 1.76. The van der Waals surface area contributed by atoms with Crippen LogP contribution in [-0.4, -0.2) is 11.1 Å². The van der Waals surface area contributed by atoms with E-state index >= 15 is 0 Å². The maximum atomic E-state index is 9.45. The average molecular weight is 103 g/mol. The van der Waals surface area contributed by atoms with E-state index in [2.05, 4.69) is 12.6 Å². The Morgan fingerprint density at radius 3 is 2.33 bits per heavy atom. The summed E-state index contributed by atoms with van der Waals surface area (Å²) in [7, 11) is 0. The van der Waals surface area contributed by atoms with Crippen LogP contribution < -0.4 is 0 Å². The van der Waals surface area contributed by atoms with Gasteiger partial charge in [-0.05, 0) is 0 Å². The van der Waals surface area contributed by atoms with E-state index in [1.165, 1.54) is 0 Å². The Morgan fingerprint density at radius 2 is 2.33 bits per heavy atom. The Bertz CT molecular complexity index is 76.9. The van der Waals surface area contributed by atoms with Crippen molar-refractivity contribution in [3.8, 4) is 0 Å². The van der Waals surface area contributed by atoms with E-state index in [9.17, 15) is 4.79 Å². The van der Waals surface area contributed by atoms with Gasteiger partial charge in [0.1, 0.15) is 0 Å². The third-order valence-electron chi connectivity index (χ3n) is 0.211. The van der Waals surface area contributed by atoms with Crippen LogP contribution in [-0.2, 0) is 4.79 Å². The zero-order chi connectivity index (χ0) is 4.99. The van der Waals surface area contributed by atoms with Crippen LogP contribution in [0.25, 0.3) is 0 Å². The van der Waals surface area contributed by atoms with Gasteiger partial charge in [0.2, 0.25) is 0 Å². The first-order chi connectivity index (χ1) is 2.77. The summed E-state index contributed by atoms with van der Waals surface area (Å²) in [6, 6.07) is 0. The van der Waals surface area contributed by atoms with Gasteiger partial charge in [0, 0.05) is 11.5 Å². The number of carbonyl (C=O) groups is 1. The summed E-state index contributed by atoms with van der Waals surface area (Å²) in [5.74, 6) is -0.995. The van der Waals surface area contributed by atoms with Crippen LogP contribution in [0.2, 0.25) is 0 Å². The molecule has 0 spiro atoms. The molecule has 0 aromatic carbocycles. The Balaban J connectivity index is 3.30. The van der Waals surface area contributed by atoms with Gasteiger partial charge in [-0.1, -0.05) is 12.6 Å². The van der Waals surface area contributed by atoms with Crippen molar-refractivity contribution in [1.82, 2.24) is 0 Å². The van der Waals surface area contributed by atoms with Crippen molar-refractivity contribution in [2.75, 3.05) is 0 Å². The van der Waals surface area contributed by atoms with Crippen molar-refractivity contribution < 1.29 is 9.90 Å². The maximum Gasteiger partial charge on any atom is 0.329 e. The van der Waals surface area contributed by atoms with Crippen molar-refractivity contribution in [1.29, 1.82) is 0 Å². The lowest BCUT2D eigenvalue weighted by molar-refractivity contribution is -0.131. The standard InChI is InChI=1S/C3H3O2S/c4-3(5)1-2-6/h1-2H,(H,4,5)/b2-1+. The molecule has 2 nitrogen and oxygen atoms in total. The van der Waals surface area contributed by atoms with Crippen LogP contribution in [0.3, 0.4) is 0 Å². The van der Waals surface area contributed by atoms with Crippen LogP contribution >= 0.6 is 12.6 Å². The lowest BCUT2D eigenvalue weighted by Crippen LogP contribution is -1.83. The minimum absolute atomic E-state index is 0.898. The molecular formula is C3H3O2S. The summed E-state index contributed by atoms with van der Waals surface area (Å²) in [6.07, 6.45) is 0.898. The van der Waals surface area contributed by atoms with Gasteiger partial charge in [-0.3, -0.25) is 0 Å². The highest BCUT2D eigenvalue weighted by Crippen LogP contribution is 1.73. The van der Waals surface area contributed by atoms with Crippen LogP contribution in [0.1, 0.15) is 0 Å². The van der Waals surface area contributed by atoms with Gasteiger partial charge in [0.25, 0.3) is 0 Å². The Labute approximate surface area is 40.9 Å². The molecule has 0 aliphatic rings. The molecule has 0 heterocycles. The van der Waals surface area contributed by atoms with Gasteiger partial charge < -0.3 is 5.11 Å². The van der Waals surface area contributed by atoms with E-state index in [1.54, 1.807) is 0 Å². The highest BCUT2D eigenvalue weighted by Gasteiger charge is 1.77. The predicted octanol–water partition coefficient (Wildman–Crippen LogP) is 0.782. The van der Waals surface area contributed by atoms with Crippen molar-refractivity contribution >= 4 is 18.6 Å². The van der Waals surface area contributed by atoms with Crippen molar-refractivity contribution in [2.45, 2.75) is 0 Å². The highest BCUT2D eigenvalue weighted by molar-refractivity contribution is 7.83. The lowest BCUT2D eigenvalue weighted by atomic mass is 10.7. The van der Waals surface area contributed by atoms with E-state index in [1.807, 2.05) is 0 Å². The smallest absolute Gasteiger partial charge is 0.329 e. The van der Waals surface area contributed by atoms with Crippen LogP contribution in [0.15, 0.2) is 11.5 Å². The van der Waals surface area contributed by atoms with E-state index in [0.29, 0.717) is 0 Å². The minimum atomic E-state index is -0.995. The molecule has 0 aliphatic heterocycles. The molecule has 0 amide bonds. The number of hydrogen-bond donors (Lipinski definition) is 1. The zero-order valence-electron chi connectivity index (χ0n) is 2.92. The summed E-state index contributed by atoms with van der Waals surface area (Å²) in [6.45, 7) is 0. The second kappa shape index (κ2) is 2.66.